The molecule has 2 rings (SSSR count). The molecule has 1 aromatic rings. The minimum Gasteiger partial charge on any atom is -0.357 e. The average Bonchev–Trinajstić information content (AvgIpc) is 3.07. The maximum Gasteiger partial charge on any atom is 0.232 e. The first-order valence-corrected chi connectivity index (χ1v) is 9.82. The largest absolute Gasteiger partial charge is 0.357 e. The molecule has 0 aromatic carbocycles. The van der Waals surface area contributed by atoms with Gasteiger partial charge >= 0.3 is 0 Å². The zero-order chi connectivity index (χ0) is 19.2. The number of hydrogen-bond acceptors (Lipinski definition) is 5. The summed E-state index contributed by atoms with van der Waals surface area (Å²) in [5.41, 5.74) is -0.0433. The summed E-state index contributed by atoms with van der Waals surface area (Å²) >= 11 is 0. The van der Waals surface area contributed by atoms with Gasteiger partial charge in [-0.05, 0) is 46.7 Å². The van der Waals surface area contributed by atoms with Gasteiger partial charge in [-0.1, -0.05) is 32.3 Å². The number of aromatic nitrogens is 2. The topological polar surface area (TPSA) is 78.6 Å². The predicted molar refractivity (Wildman–Crippen MR) is 105 cm³/mol. The van der Waals surface area contributed by atoms with Crippen LogP contribution in [0.25, 0.3) is 0 Å². The van der Waals surface area contributed by atoms with Crippen LogP contribution in [0, 0.1) is 0 Å². The highest BCUT2D eigenvalue weighted by atomic mass is 16.5. The maximum atomic E-state index is 5.34. The number of guanidine groups is 1. The predicted octanol–water partition coefficient (Wildman–Crippen LogP) is 2.69. The van der Waals surface area contributed by atoms with Crippen LogP contribution < -0.4 is 10.6 Å². The Bertz CT molecular complexity index is 581. The van der Waals surface area contributed by atoms with E-state index in [1.54, 1.807) is 0 Å². The number of hydrogen-bond donors (Lipinski definition) is 2. The van der Waals surface area contributed by atoms with Crippen molar-refractivity contribution in [2.24, 2.45) is 4.99 Å². The molecule has 0 amide bonds. The second kappa shape index (κ2) is 8.84. The van der Waals surface area contributed by atoms with Gasteiger partial charge in [-0.25, -0.2) is 4.99 Å². The molecule has 7 nitrogen and oxygen atoms in total. The van der Waals surface area contributed by atoms with Crippen molar-refractivity contribution in [3.63, 3.8) is 0 Å². The van der Waals surface area contributed by atoms with Gasteiger partial charge in [-0.3, -0.25) is 4.90 Å². The molecule has 1 aliphatic heterocycles. The molecule has 2 N–H and O–H groups in total. The van der Waals surface area contributed by atoms with E-state index in [1.165, 1.54) is 32.4 Å². The first-order chi connectivity index (χ1) is 12.2. The molecule has 0 aliphatic carbocycles. The van der Waals surface area contributed by atoms with E-state index in [1.807, 2.05) is 0 Å². The first-order valence-electron chi connectivity index (χ1n) is 9.82. The van der Waals surface area contributed by atoms with Crippen molar-refractivity contribution >= 4 is 5.96 Å². The van der Waals surface area contributed by atoms with E-state index in [2.05, 4.69) is 72.2 Å². The molecule has 148 valence electrons. The number of nitrogens with one attached hydrogen (secondary N) is 2. The smallest absolute Gasteiger partial charge is 0.232 e. The number of aliphatic imine (C=N–C) groups is 1. The zero-order valence-corrected chi connectivity index (χ0v) is 17.4. The standard InChI is InChI=1S/C19H36N6O/c1-7-20-17(21-13-15-23-16(26-24-15)18(2,3)4)22-14-19(5,6)25-11-9-8-10-12-25/h7-14H2,1-6H3,(H2,20,21,22). The van der Waals surface area contributed by atoms with Crippen LogP contribution in [0.2, 0.25) is 0 Å². The lowest BCUT2D eigenvalue weighted by Crippen LogP contribution is -2.54. The van der Waals surface area contributed by atoms with Crippen molar-refractivity contribution in [2.75, 3.05) is 26.2 Å². The number of piperidine rings is 1. The summed E-state index contributed by atoms with van der Waals surface area (Å²) in [4.78, 5) is 11.6. The van der Waals surface area contributed by atoms with Crippen molar-refractivity contribution in [3.8, 4) is 0 Å². The molecule has 26 heavy (non-hydrogen) atoms. The van der Waals surface area contributed by atoms with Gasteiger partial charge in [-0.2, -0.15) is 4.98 Å². The van der Waals surface area contributed by atoms with Crippen LogP contribution in [-0.2, 0) is 12.0 Å². The molecule has 1 aliphatic rings. The highest BCUT2D eigenvalue weighted by Crippen LogP contribution is 2.20. The van der Waals surface area contributed by atoms with Crippen LogP contribution in [0.1, 0.15) is 72.5 Å². The fourth-order valence-corrected chi connectivity index (χ4v) is 3.03. The molecule has 0 unspecified atom stereocenters. The van der Waals surface area contributed by atoms with Crippen molar-refractivity contribution < 1.29 is 4.52 Å². The summed E-state index contributed by atoms with van der Waals surface area (Å²) in [6.07, 6.45) is 3.95. The van der Waals surface area contributed by atoms with E-state index in [-0.39, 0.29) is 11.0 Å². The van der Waals surface area contributed by atoms with E-state index in [9.17, 15) is 0 Å². The minimum absolute atomic E-state index is 0.0994. The third-order valence-corrected chi connectivity index (χ3v) is 4.73. The van der Waals surface area contributed by atoms with Crippen molar-refractivity contribution in [1.29, 1.82) is 0 Å². The molecule has 0 atom stereocenters. The summed E-state index contributed by atoms with van der Waals surface area (Å²) < 4.78 is 5.34. The van der Waals surface area contributed by atoms with E-state index < -0.39 is 0 Å². The maximum absolute atomic E-state index is 5.34. The third kappa shape index (κ3) is 5.97. The Morgan fingerprint density at radius 2 is 1.81 bits per heavy atom. The van der Waals surface area contributed by atoms with Gasteiger partial charge in [0.25, 0.3) is 0 Å². The molecule has 0 spiro atoms. The van der Waals surface area contributed by atoms with E-state index >= 15 is 0 Å². The van der Waals surface area contributed by atoms with Gasteiger partial charge in [0.15, 0.2) is 11.8 Å². The fraction of sp³-hybridized carbons (Fsp3) is 0.842. The van der Waals surface area contributed by atoms with Crippen LogP contribution in [-0.4, -0.2) is 52.7 Å². The molecule has 2 heterocycles. The van der Waals surface area contributed by atoms with Crippen LogP contribution in [0.3, 0.4) is 0 Å². The van der Waals surface area contributed by atoms with Gasteiger partial charge in [-0.15, -0.1) is 0 Å². The Morgan fingerprint density at radius 3 is 2.38 bits per heavy atom. The summed E-state index contributed by atoms with van der Waals surface area (Å²) in [5, 5.41) is 10.8. The van der Waals surface area contributed by atoms with Crippen LogP contribution in [0.5, 0.6) is 0 Å². The van der Waals surface area contributed by atoms with Crippen LogP contribution in [0.15, 0.2) is 9.52 Å². The normalized spacial score (nSPS) is 17.4. The fourth-order valence-electron chi connectivity index (χ4n) is 3.03. The van der Waals surface area contributed by atoms with Gasteiger partial charge in [0.2, 0.25) is 5.89 Å². The number of rotatable bonds is 6. The lowest BCUT2D eigenvalue weighted by atomic mass is 9.97. The molecule has 0 radical (unpaired) electrons. The second-order valence-electron chi connectivity index (χ2n) is 8.67. The van der Waals surface area contributed by atoms with E-state index in [0.717, 1.165) is 19.0 Å². The Morgan fingerprint density at radius 1 is 1.12 bits per heavy atom. The van der Waals surface area contributed by atoms with Gasteiger partial charge in [0.05, 0.1) is 0 Å². The number of nitrogens with zero attached hydrogens (tertiary/aromatic N) is 4. The van der Waals surface area contributed by atoms with Gasteiger partial charge < -0.3 is 15.2 Å². The quantitative estimate of drug-likeness (QED) is 0.597. The summed E-state index contributed by atoms with van der Waals surface area (Å²) in [6.45, 7) is 17.3. The summed E-state index contributed by atoms with van der Waals surface area (Å²) in [7, 11) is 0. The monoisotopic (exact) mass is 364 g/mol. The summed E-state index contributed by atoms with van der Waals surface area (Å²) in [6, 6.07) is 0. The molecule has 1 saturated heterocycles. The van der Waals surface area contributed by atoms with E-state index in [0.29, 0.717) is 18.3 Å². The molecular formula is C19H36N6O. The molecule has 1 aromatic heterocycles. The first kappa shape index (κ1) is 20.7. The number of likely N-dealkylation sites (tertiary alicyclic amines) is 1. The molecule has 1 fully saturated rings. The summed E-state index contributed by atoms with van der Waals surface area (Å²) in [5.74, 6) is 2.05. The van der Waals surface area contributed by atoms with Crippen LogP contribution in [0.4, 0.5) is 0 Å². The zero-order valence-electron chi connectivity index (χ0n) is 17.4. The van der Waals surface area contributed by atoms with Gasteiger partial charge in [0, 0.05) is 24.0 Å². The third-order valence-electron chi connectivity index (χ3n) is 4.73. The Hall–Kier alpha value is -1.63. The Balaban J connectivity index is 1.94. The van der Waals surface area contributed by atoms with E-state index in [4.69, 9.17) is 4.52 Å². The molecule has 0 bridgehead atoms. The van der Waals surface area contributed by atoms with Crippen molar-refractivity contribution in [2.45, 2.75) is 78.3 Å². The molecular weight excluding hydrogens is 328 g/mol. The molecule has 7 heteroatoms. The Kier molecular flexibility index (Phi) is 7.03. The molecule has 0 saturated carbocycles. The average molecular weight is 365 g/mol. The van der Waals surface area contributed by atoms with Crippen molar-refractivity contribution in [1.82, 2.24) is 25.7 Å². The highest BCUT2D eigenvalue weighted by Gasteiger charge is 2.28. The van der Waals surface area contributed by atoms with Crippen molar-refractivity contribution in [3.05, 3.63) is 11.7 Å². The lowest BCUT2D eigenvalue weighted by Gasteiger charge is -2.41. The highest BCUT2D eigenvalue weighted by molar-refractivity contribution is 5.79. The van der Waals surface area contributed by atoms with Gasteiger partial charge in [0.1, 0.15) is 6.54 Å². The Labute approximate surface area is 158 Å². The minimum atomic E-state index is -0.143. The SMILES string of the molecule is CCNC(=NCc1noc(C(C)(C)C)n1)NCC(C)(C)N1CCCCC1. The lowest BCUT2D eigenvalue weighted by molar-refractivity contribution is 0.0982. The van der Waals surface area contributed by atoms with Crippen LogP contribution >= 0.6 is 0 Å². The second-order valence-corrected chi connectivity index (χ2v) is 8.67.